The molecule has 0 aliphatic heterocycles. The molecule has 0 saturated heterocycles. The fourth-order valence-electron chi connectivity index (χ4n) is 2.18. The summed E-state index contributed by atoms with van der Waals surface area (Å²) in [7, 11) is 5.80. The number of aryl methyl sites for hydroxylation is 3. The van der Waals surface area contributed by atoms with Crippen LogP contribution in [-0.4, -0.2) is 31.8 Å². The fourth-order valence-corrected chi connectivity index (χ4v) is 2.18. The van der Waals surface area contributed by atoms with Crippen molar-refractivity contribution >= 4 is 0 Å². The molecule has 0 bridgehead atoms. The van der Waals surface area contributed by atoms with Gasteiger partial charge in [0.1, 0.15) is 0 Å². The summed E-state index contributed by atoms with van der Waals surface area (Å²) >= 11 is 0. The Morgan fingerprint density at radius 2 is 2.06 bits per heavy atom. The van der Waals surface area contributed by atoms with E-state index < -0.39 is 0 Å². The number of hydrogen-bond donors (Lipinski definition) is 1. The molecule has 2 heterocycles. The highest BCUT2D eigenvalue weighted by molar-refractivity contribution is 5.23. The van der Waals surface area contributed by atoms with E-state index in [9.17, 15) is 0 Å². The molecular weight excluding hydrogens is 228 g/mol. The molecular formula is C12H20N6. The summed E-state index contributed by atoms with van der Waals surface area (Å²) < 4.78 is 3.60. The third-order valence-corrected chi connectivity index (χ3v) is 3.06. The van der Waals surface area contributed by atoms with E-state index in [0.29, 0.717) is 0 Å². The van der Waals surface area contributed by atoms with Gasteiger partial charge in [-0.25, -0.2) is 0 Å². The van der Waals surface area contributed by atoms with Crippen molar-refractivity contribution in [3.05, 3.63) is 29.3 Å². The maximum atomic E-state index is 4.48. The molecule has 1 unspecified atom stereocenters. The lowest BCUT2D eigenvalue weighted by Gasteiger charge is -2.14. The fraction of sp³-hybridized carbons (Fsp3) is 0.583. The molecule has 0 saturated carbocycles. The standard InChI is InChI=1S/C12H20N6/c1-5-11-10(8-17(3)15-11)12(13-2)6-9-7-18(4)16-14-9/h7-8,12-13H,5-6H2,1-4H3. The van der Waals surface area contributed by atoms with E-state index in [2.05, 4.69) is 33.8 Å². The number of nitrogens with zero attached hydrogens (tertiary/aromatic N) is 5. The normalized spacial score (nSPS) is 12.9. The van der Waals surface area contributed by atoms with Gasteiger partial charge in [-0.3, -0.25) is 9.36 Å². The Bertz CT molecular complexity index is 512. The third-order valence-electron chi connectivity index (χ3n) is 3.06. The van der Waals surface area contributed by atoms with Crippen molar-refractivity contribution in [3.8, 4) is 0 Å². The van der Waals surface area contributed by atoms with E-state index in [1.165, 1.54) is 5.56 Å². The van der Waals surface area contributed by atoms with Gasteiger partial charge in [0.15, 0.2) is 0 Å². The van der Waals surface area contributed by atoms with Crippen molar-refractivity contribution in [1.82, 2.24) is 30.1 Å². The van der Waals surface area contributed by atoms with E-state index in [1.807, 2.05) is 32.0 Å². The number of aromatic nitrogens is 5. The lowest BCUT2D eigenvalue weighted by Crippen LogP contribution is -2.19. The molecule has 1 N–H and O–H groups in total. The van der Waals surface area contributed by atoms with Gasteiger partial charge in [-0.2, -0.15) is 5.10 Å². The summed E-state index contributed by atoms with van der Waals surface area (Å²) in [5.41, 5.74) is 3.37. The topological polar surface area (TPSA) is 60.6 Å². The molecule has 98 valence electrons. The van der Waals surface area contributed by atoms with Gasteiger partial charge in [0.05, 0.1) is 11.4 Å². The minimum atomic E-state index is 0.227. The van der Waals surface area contributed by atoms with Crippen molar-refractivity contribution in [2.24, 2.45) is 14.1 Å². The second-order valence-corrected chi connectivity index (χ2v) is 4.49. The van der Waals surface area contributed by atoms with E-state index in [-0.39, 0.29) is 6.04 Å². The molecule has 6 nitrogen and oxygen atoms in total. The predicted octanol–water partition coefficient (Wildman–Crippen LogP) is 0.614. The molecule has 0 spiro atoms. The molecule has 6 heteroatoms. The van der Waals surface area contributed by atoms with E-state index in [4.69, 9.17) is 0 Å². The van der Waals surface area contributed by atoms with E-state index in [1.54, 1.807) is 4.68 Å². The van der Waals surface area contributed by atoms with E-state index >= 15 is 0 Å². The Labute approximate surface area is 107 Å². The van der Waals surface area contributed by atoms with Gasteiger partial charge < -0.3 is 5.32 Å². The molecule has 2 aromatic rings. The first-order valence-corrected chi connectivity index (χ1v) is 6.19. The van der Waals surface area contributed by atoms with E-state index in [0.717, 1.165) is 24.2 Å². The average Bonchev–Trinajstić information content (AvgIpc) is 2.92. The van der Waals surface area contributed by atoms with Crippen molar-refractivity contribution in [2.45, 2.75) is 25.8 Å². The molecule has 0 aliphatic rings. The molecule has 18 heavy (non-hydrogen) atoms. The molecule has 0 fully saturated rings. The molecule has 1 atom stereocenters. The Morgan fingerprint density at radius 3 is 2.61 bits per heavy atom. The summed E-state index contributed by atoms with van der Waals surface area (Å²) in [6, 6.07) is 0.227. The van der Waals surface area contributed by atoms with Crippen molar-refractivity contribution in [2.75, 3.05) is 7.05 Å². The summed E-state index contributed by atoms with van der Waals surface area (Å²) in [5.74, 6) is 0. The first kappa shape index (κ1) is 12.8. The number of nitrogens with one attached hydrogen (secondary N) is 1. The SMILES string of the molecule is CCc1nn(C)cc1C(Cc1cn(C)nn1)NC. The average molecular weight is 248 g/mol. The van der Waals surface area contributed by atoms with Gasteiger partial charge in [0, 0.05) is 44.5 Å². The number of rotatable bonds is 5. The van der Waals surface area contributed by atoms with Crippen molar-refractivity contribution in [1.29, 1.82) is 0 Å². The highest BCUT2D eigenvalue weighted by Crippen LogP contribution is 2.20. The Hall–Kier alpha value is -1.69. The van der Waals surface area contributed by atoms with Crippen LogP contribution < -0.4 is 5.32 Å². The zero-order valence-electron chi connectivity index (χ0n) is 11.4. The molecule has 0 aromatic carbocycles. The number of likely N-dealkylation sites (N-methyl/N-ethyl adjacent to an activating group) is 1. The van der Waals surface area contributed by atoms with Gasteiger partial charge in [0.2, 0.25) is 0 Å². The lowest BCUT2D eigenvalue weighted by atomic mass is 10.0. The van der Waals surface area contributed by atoms with Crippen LogP contribution in [0.3, 0.4) is 0 Å². The van der Waals surface area contributed by atoms with Crippen molar-refractivity contribution < 1.29 is 0 Å². The third kappa shape index (κ3) is 2.59. The van der Waals surface area contributed by atoms with Crippen LogP contribution in [0.2, 0.25) is 0 Å². The molecule has 2 rings (SSSR count). The largest absolute Gasteiger partial charge is 0.313 e. The first-order chi connectivity index (χ1) is 8.63. The highest BCUT2D eigenvalue weighted by Gasteiger charge is 2.17. The summed E-state index contributed by atoms with van der Waals surface area (Å²) in [5, 5.41) is 15.9. The minimum absolute atomic E-state index is 0.227. The quantitative estimate of drug-likeness (QED) is 0.842. The second kappa shape index (κ2) is 5.30. The van der Waals surface area contributed by atoms with Crippen LogP contribution in [0.4, 0.5) is 0 Å². The van der Waals surface area contributed by atoms with Crippen LogP contribution in [0.25, 0.3) is 0 Å². The van der Waals surface area contributed by atoms with Crippen LogP contribution >= 0.6 is 0 Å². The molecule has 2 aromatic heterocycles. The Balaban J connectivity index is 2.22. The maximum Gasteiger partial charge on any atom is 0.0845 e. The summed E-state index contributed by atoms with van der Waals surface area (Å²) in [6.07, 6.45) is 5.79. The Morgan fingerprint density at radius 1 is 1.28 bits per heavy atom. The van der Waals surface area contributed by atoms with Gasteiger partial charge in [0.25, 0.3) is 0 Å². The Kier molecular flexibility index (Phi) is 3.76. The zero-order valence-corrected chi connectivity index (χ0v) is 11.4. The summed E-state index contributed by atoms with van der Waals surface area (Å²) in [6.45, 7) is 2.13. The molecule has 0 radical (unpaired) electrons. The maximum absolute atomic E-state index is 4.48. The molecule has 0 amide bonds. The van der Waals surface area contributed by atoms with Gasteiger partial charge in [-0.1, -0.05) is 12.1 Å². The van der Waals surface area contributed by atoms with Crippen LogP contribution in [0.5, 0.6) is 0 Å². The van der Waals surface area contributed by atoms with Gasteiger partial charge in [-0.15, -0.1) is 5.10 Å². The first-order valence-electron chi connectivity index (χ1n) is 6.19. The van der Waals surface area contributed by atoms with Crippen LogP contribution in [0, 0.1) is 0 Å². The monoisotopic (exact) mass is 248 g/mol. The van der Waals surface area contributed by atoms with Gasteiger partial charge >= 0.3 is 0 Å². The predicted molar refractivity (Wildman–Crippen MR) is 69.1 cm³/mol. The zero-order chi connectivity index (χ0) is 13.1. The van der Waals surface area contributed by atoms with Crippen molar-refractivity contribution in [3.63, 3.8) is 0 Å². The van der Waals surface area contributed by atoms with Crippen LogP contribution in [0.15, 0.2) is 12.4 Å². The van der Waals surface area contributed by atoms with Gasteiger partial charge in [-0.05, 0) is 13.5 Å². The second-order valence-electron chi connectivity index (χ2n) is 4.49. The smallest absolute Gasteiger partial charge is 0.0845 e. The van der Waals surface area contributed by atoms with Crippen LogP contribution in [0.1, 0.15) is 29.9 Å². The van der Waals surface area contributed by atoms with Crippen LogP contribution in [-0.2, 0) is 26.9 Å². The lowest BCUT2D eigenvalue weighted by molar-refractivity contribution is 0.578. The summed E-state index contributed by atoms with van der Waals surface area (Å²) in [4.78, 5) is 0. The number of hydrogen-bond acceptors (Lipinski definition) is 4. The minimum Gasteiger partial charge on any atom is -0.313 e. The highest BCUT2D eigenvalue weighted by atomic mass is 15.4. The molecule has 0 aliphatic carbocycles.